The van der Waals surface area contributed by atoms with E-state index in [-0.39, 0.29) is 0 Å². The van der Waals surface area contributed by atoms with Crippen LogP contribution >= 0.6 is 0 Å². The number of hydrogen-bond acceptors (Lipinski definition) is 4. The van der Waals surface area contributed by atoms with Gasteiger partial charge in [-0.2, -0.15) is 0 Å². The van der Waals surface area contributed by atoms with Gasteiger partial charge in [-0.25, -0.2) is 9.97 Å². The summed E-state index contributed by atoms with van der Waals surface area (Å²) in [5.41, 5.74) is 7.28. The Morgan fingerprint density at radius 1 is 1.00 bits per heavy atom. The molecule has 0 saturated heterocycles. The Labute approximate surface area is 186 Å². The molecule has 7 rings (SSSR count). The summed E-state index contributed by atoms with van der Waals surface area (Å²) in [4.78, 5) is 11.9. The van der Waals surface area contributed by atoms with Crippen molar-refractivity contribution >= 4 is 5.82 Å². The van der Waals surface area contributed by atoms with Crippen molar-refractivity contribution in [3.8, 4) is 0 Å². The van der Waals surface area contributed by atoms with Gasteiger partial charge in [-0.1, -0.05) is 18.2 Å². The van der Waals surface area contributed by atoms with Crippen LogP contribution in [-0.2, 0) is 19.5 Å². The van der Waals surface area contributed by atoms with E-state index in [2.05, 4.69) is 47.2 Å². The van der Waals surface area contributed by atoms with Crippen molar-refractivity contribution in [2.75, 3.05) is 18.4 Å². The molecule has 164 valence electrons. The second-order valence-electron chi connectivity index (χ2n) is 11.3. The molecule has 0 unspecified atom stereocenters. The molecule has 4 saturated carbocycles. The summed E-state index contributed by atoms with van der Waals surface area (Å²) in [6.45, 7) is 8.52. The Balaban J connectivity index is 1.14. The van der Waals surface area contributed by atoms with Crippen LogP contribution in [0.25, 0.3) is 0 Å². The number of benzene rings is 1. The molecule has 1 N–H and O–H groups in total. The Bertz CT molecular complexity index is 946. The molecule has 31 heavy (non-hydrogen) atoms. The molecule has 4 aliphatic carbocycles. The molecule has 1 aliphatic heterocycles. The monoisotopic (exact) mass is 416 g/mol. The lowest BCUT2D eigenvalue weighted by molar-refractivity contribution is -0.0444. The number of aromatic nitrogens is 2. The number of nitrogens with one attached hydrogen (secondary N) is 1. The molecular formula is C27H36N4. The predicted molar refractivity (Wildman–Crippen MR) is 125 cm³/mol. The van der Waals surface area contributed by atoms with Gasteiger partial charge in [-0.3, -0.25) is 4.90 Å². The van der Waals surface area contributed by atoms with Gasteiger partial charge in [0.1, 0.15) is 12.1 Å². The van der Waals surface area contributed by atoms with Crippen LogP contribution in [0.4, 0.5) is 5.82 Å². The first kappa shape index (κ1) is 19.7. The van der Waals surface area contributed by atoms with Gasteiger partial charge >= 0.3 is 0 Å². The van der Waals surface area contributed by atoms with Crippen LogP contribution in [0.15, 0.2) is 24.5 Å². The zero-order valence-corrected chi connectivity index (χ0v) is 19.2. The third-order valence-electron chi connectivity index (χ3n) is 8.86. The summed E-state index contributed by atoms with van der Waals surface area (Å²) in [6.07, 6.45) is 11.7. The van der Waals surface area contributed by atoms with Crippen molar-refractivity contribution in [1.29, 1.82) is 0 Å². The zero-order valence-electron chi connectivity index (χ0n) is 19.2. The number of nitrogens with zero attached hydrogens (tertiary/aromatic N) is 3. The highest BCUT2D eigenvalue weighted by Crippen LogP contribution is 2.59. The molecule has 0 radical (unpaired) electrons. The van der Waals surface area contributed by atoms with Crippen LogP contribution in [0.3, 0.4) is 0 Å². The smallest absolute Gasteiger partial charge is 0.132 e. The van der Waals surface area contributed by atoms with Crippen molar-refractivity contribution in [2.24, 2.45) is 23.2 Å². The van der Waals surface area contributed by atoms with Gasteiger partial charge in [-0.15, -0.1) is 0 Å². The summed E-state index contributed by atoms with van der Waals surface area (Å²) in [5, 5.41) is 3.84. The molecule has 0 spiro atoms. The number of fused-ring (bicyclic) bond motifs is 1. The van der Waals surface area contributed by atoms with Crippen LogP contribution in [0.5, 0.6) is 0 Å². The van der Waals surface area contributed by atoms with Crippen LogP contribution in [0.1, 0.15) is 66.5 Å². The molecule has 1 aromatic carbocycles. The van der Waals surface area contributed by atoms with E-state index in [0.29, 0.717) is 5.41 Å². The standard InChI is InChI=1S/C27H36N4/c1-18-3-4-20(7-19(18)2)14-31-6-5-24-25(15-31)29-17-30-26(24)28-16-27-11-21-8-22(12-27)10-23(9-21)13-27/h3-4,7,17,21-23H,5-6,8-16H2,1-2H3,(H,28,29,30). The normalized spacial score (nSPS) is 31.6. The molecule has 2 heterocycles. The van der Waals surface area contributed by atoms with Gasteiger partial charge in [-0.05, 0) is 98.7 Å². The van der Waals surface area contributed by atoms with Gasteiger partial charge < -0.3 is 5.32 Å². The van der Waals surface area contributed by atoms with Gasteiger partial charge in [0.25, 0.3) is 0 Å². The minimum Gasteiger partial charge on any atom is -0.369 e. The summed E-state index contributed by atoms with van der Waals surface area (Å²) >= 11 is 0. The SMILES string of the molecule is Cc1ccc(CN2CCc3c(ncnc3NCC34CC5CC(CC(C5)C3)C4)C2)cc1C. The lowest BCUT2D eigenvalue weighted by Gasteiger charge is -2.57. The maximum atomic E-state index is 4.70. The molecule has 1 aromatic heterocycles. The summed E-state index contributed by atoms with van der Waals surface area (Å²) in [5.74, 6) is 4.13. The molecule has 0 atom stereocenters. The van der Waals surface area contributed by atoms with E-state index in [1.165, 1.54) is 66.5 Å². The Morgan fingerprint density at radius 3 is 2.45 bits per heavy atom. The number of hydrogen-bond donors (Lipinski definition) is 1. The number of aryl methyl sites for hydroxylation is 2. The third-order valence-corrected chi connectivity index (χ3v) is 8.86. The fraction of sp³-hybridized carbons (Fsp3) is 0.630. The highest BCUT2D eigenvalue weighted by atomic mass is 15.1. The van der Waals surface area contributed by atoms with Crippen LogP contribution < -0.4 is 5.32 Å². The third kappa shape index (κ3) is 3.77. The average molecular weight is 417 g/mol. The van der Waals surface area contributed by atoms with E-state index in [0.717, 1.165) is 56.2 Å². The molecule has 5 aliphatic rings. The number of rotatable bonds is 5. The first-order valence-electron chi connectivity index (χ1n) is 12.4. The predicted octanol–water partition coefficient (Wildman–Crippen LogP) is 5.28. The highest BCUT2D eigenvalue weighted by Gasteiger charge is 2.50. The maximum Gasteiger partial charge on any atom is 0.132 e. The average Bonchev–Trinajstić information content (AvgIpc) is 2.74. The molecule has 4 fully saturated rings. The van der Waals surface area contributed by atoms with Gasteiger partial charge in [0, 0.05) is 31.7 Å². The van der Waals surface area contributed by atoms with E-state index in [1.54, 1.807) is 6.33 Å². The molecule has 4 bridgehead atoms. The van der Waals surface area contributed by atoms with E-state index in [1.807, 2.05) is 0 Å². The van der Waals surface area contributed by atoms with Crippen molar-refractivity contribution in [1.82, 2.24) is 14.9 Å². The summed E-state index contributed by atoms with van der Waals surface area (Å²) in [6, 6.07) is 6.86. The van der Waals surface area contributed by atoms with Crippen LogP contribution in [0, 0.1) is 37.0 Å². The summed E-state index contributed by atoms with van der Waals surface area (Å²) in [7, 11) is 0. The van der Waals surface area contributed by atoms with E-state index < -0.39 is 0 Å². The van der Waals surface area contributed by atoms with Crippen LogP contribution in [0.2, 0.25) is 0 Å². The molecular weight excluding hydrogens is 380 g/mol. The molecule has 0 amide bonds. The summed E-state index contributed by atoms with van der Waals surface area (Å²) < 4.78 is 0. The zero-order chi connectivity index (χ0) is 21.0. The topological polar surface area (TPSA) is 41.1 Å². The van der Waals surface area contributed by atoms with Crippen molar-refractivity contribution < 1.29 is 0 Å². The Kier molecular flexibility index (Phi) is 4.82. The molecule has 4 heteroatoms. The highest BCUT2D eigenvalue weighted by molar-refractivity contribution is 5.47. The van der Waals surface area contributed by atoms with E-state index in [4.69, 9.17) is 4.98 Å². The Morgan fingerprint density at radius 2 is 1.74 bits per heavy atom. The fourth-order valence-electron chi connectivity index (χ4n) is 7.63. The lowest BCUT2D eigenvalue weighted by atomic mass is 9.49. The quantitative estimate of drug-likeness (QED) is 0.720. The molecule has 4 nitrogen and oxygen atoms in total. The van der Waals surface area contributed by atoms with E-state index in [9.17, 15) is 0 Å². The fourth-order valence-corrected chi connectivity index (χ4v) is 7.63. The largest absolute Gasteiger partial charge is 0.369 e. The van der Waals surface area contributed by atoms with Crippen LogP contribution in [-0.4, -0.2) is 28.0 Å². The van der Waals surface area contributed by atoms with E-state index >= 15 is 0 Å². The minimum atomic E-state index is 0.538. The maximum absolute atomic E-state index is 4.70. The van der Waals surface area contributed by atoms with Gasteiger partial charge in [0.2, 0.25) is 0 Å². The van der Waals surface area contributed by atoms with Gasteiger partial charge in [0.15, 0.2) is 0 Å². The number of anilines is 1. The second-order valence-corrected chi connectivity index (χ2v) is 11.3. The lowest BCUT2D eigenvalue weighted by Crippen LogP contribution is -2.49. The van der Waals surface area contributed by atoms with Crippen molar-refractivity contribution in [3.63, 3.8) is 0 Å². The van der Waals surface area contributed by atoms with Crippen molar-refractivity contribution in [2.45, 2.75) is 71.9 Å². The first-order chi connectivity index (χ1) is 15.1. The minimum absolute atomic E-state index is 0.538. The molecule has 2 aromatic rings. The Hall–Kier alpha value is -1.94. The van der Waals surface area contributed by atoms with Gasteiger partial charge in [0.05, 0.1) is 5.69 Å². The second kappa shape index (κ2) is 7.58. The van der Waals surface area contributed by atoms with Crippen molar-refractivity contribution in [3.05, 3.63) is 52.5 Å². The first-order valence-corrected chi connectivity index (χ1v) is 12.4.